The van der Waals surface area contributed by atoms with Crippen LogP contribution in [0.1, 0.15) is 23.7 Å². The van der Waals surface area contributed by atoms with Gasteiger partial charge in [-0.05, 0) is 30.5 Å². The third-order valence-corrected chi connectivity index (χ3v) is 1.88. The van der Waals surface area contributed by atoms with Gasteiger partial charge in [0.2, 0.25) is 0 Å². The van der Waals surface area contributed by atoms with E-state index in [-0.39, 0.29) is 0 Å². The average Bonchev–Trinajstić information content (AvgIpc) is 2.04. The van der Waals surface area contributed by atoms with Crippen molar-refractivity contribution in [2.75, 3.05) is 0 Å². The zero-order valence-electron chi connectivity index (χ0n) is 7.09. The Morgan fingerprint density at radius 1 is 1.64 bits per heavy atom. The molecule has 0 aliphatic rings. The van der Waals surface area contributed by atoms with Crippen molar-refractivity contribution in [2.24, 2.45) is 0 Å². The molecule has 1 heteroatoms. The first-order valence-corrected chi connectivity index (χ1v) is 3.86. The highest BCUT2D eigenvalue weighted by molar-refractivity contribution is 5.52. The maximum absolute atomic E-state index is 4.21. The van der Waals surface area contributed by atoms with E-state index in [0.29, 0.717) is 0 Å². The van der Waals surface area contributed by atoms with Gasteiger partial charge < -0.3 is 0 Å². The molecule has 11 heavy (non-hydrogen) atoms. The van der Waals surface area contributed by atoms with Gasteiger partial charge in [0.25, 0.3) is 0 Å². The van der Waals surface area contributed by atoms with Crippen LogP contribution in [0, 0.1) is 6.92 Å². The normalized spacial score (nSPS) is 9.64. The van der Waals surface area contributed by atoms with Crippen molar-refractivity contribution in [3.63, 3.8) is 0 Å². The number of pyridine rings is 1. The van der Waals surface area contributed by atoms with Gasteiger partial charge in [-0.3, -0.25) is 4.98 Å². The molecule has 0 aliphatic heterocycles. The molecule has 0 N–H and O–H groups in total. The van der Waals surface area contributed by atoms with E-state index >= 15 is 0 Å². The van der Waals surface area contributed by atoms with E-state index < -0.39 is 0 Å². The second-order valence-corrected chi connectivity index (χ2v) is 2.52. The standard InChI is InChI=1S/C10H13N/c1-4-9-6-7-11-8(3)10(9)5-2/h4,6-7H,1,5H2,2-3H3. The molecule has 0 fully saturated rings. The summed E-state index contributed by atoms with van der Waals surface area (Å²) in [7, 11) is 0. The molecule has 1 aromatic heterocycles. The zero-order valence-corrected chi connectivity index (χ0v) is 7.09. The minimum atomic E-state index is 1.03. The molecule has 0 atom stereocenters. The molecular weight excluding hydrogens is 134 g/mol. The quantitative estimate of drug-likeness (QED) is 0.626. The first kappa shape index (κ1) is 7.99. The van der Waals surface area contributed by atoms with Crippen LogP contribution in [0.3, 0.4) is 0 Å². The van der Waals surface area contributed by atoms with Crippen LogP contribution in [-0.4, -0.2) is 4.98 Å². The van der Waals surface area contributed by atoms with Gasteiger partial charge in [0.1, 0.15) is 0 Å². The molecule has 0 saturated carbocycles. The molecular formula is C10H13N. The first-order valence-electron chi connectivity index (χ1n) is 3.86. The molecule has 1 heterocycles. The summed E-state index contributed by atoms with van der Waals surface area (Å²) >= 11 is 0. The molecule has 0 spiro atoms. The summed E-state index contributed by atoms with van der Waals surface area (Å²) < 4.78 is 0. The van der Waals surface area contributed by atoms with Crippen molar-refractivity contribution in [2.45, 2.75) is 20.3 Å². The summed E-state index contributed by atoms with van der Waals surface area (Å²) in [6.45, 7) is 7.92. The van der Waals surface area contributed by atoms with Crippen LogP contribution in [-0.2, 0) is 6.42 Å². The Balaban J connectivity index is 3.23. The summed E-state index contributed by atoms with van der Waals surface area (Å²) in [6, 6.07) is 2.00. The third kappa shape index (κ3) is 1.48. The number of hydrogen-bond acceptors (Lipinski definition) is 1. The number of aromatic nitrogens is 1. The SMILES string of the molecule is C=Cc1ccnc(C)c1CC. The second-order valence-electron chi connectivity index (χ2n) is 2.52. The van der Waals surface area contributed by atoms with Gasteiger partial charge in [-0.2, -0.15) is 0 Å². The molecule has 1 aromatic rings. The van der Waals surface area contributed by atoms with E-state index in [1.807, 2.05) is 25.3 Å². The Hall–Kier alpha value is -1.11. The third-order valence-electron chi connectivity index (χ3n) is 1.88. The topological polar surface area (TPSA) is 12.9 Å². The number of rotatable bonds is 2. The monoisotopic (exact) mass is 147 g/mol. The van der Waals surface area contributed by atoms with E-state index in [1.54, 1.807) is 0 Å². The van der Waals surface area contributed by atoms with E-state index in [2.05, 4.69) is 18.5 Å². The van der Waals surface area contributed by atoms with E-state index in [9.17, 15) is 0 Å². The van der Waals surface area contributed by atoms with Crippen LogP contribution in [0.2, 0.25) is 0 Å². The highest BCUT2D eigenvalue weighted by Crippen LogP contribution is 2.12. The number of hydrogen-bond donors (Lipinski definition) is 0. The Morgan fingerprint density at radius 2 is 2.36 bits per heavy atom. The lowest BCUT2D eigenvalue weighted by atomic mass is 10.1. The number of aryl methyl sites for hydroxylation is 1. The Kier molecular flexibility index (Phi) is 2.42. The van der Waals surface area contributed by atoms with Crippen molar-refractivity contribution in [3.05, 3.63) is 35.7 Å². The highest BCUT2D eigenvalue weighted by atomic mass is 14.7. The molecule has 0 amide bonds. The summed E-state index contributed by atoms with van der Waals surface area (Å²) in [6.07, 6.45) is 4.74. The van der Waals surface area contributed by atoms with E-state index in [1.165, 1.54) is 11.1 Å². The lowest BCUT2D eigenvalue weighted by Crippen LogP contribution is -1.93. The van der Waals surface area contributed by atoms with Crippen molar-refractivity contribution in [1.29, 1.82) is 0 Å². The van der Waals surface area contributed by atoms with Crippen molar-refractivity contribution >= 4 is 6.08 Å². The van der Waals surface area contributed by atoms with Crippen LogP contribution in [0.25, 0.3) is 6.08 Å². The van der Waals surface area contributed by atoms with Gasteiger partial charge in [-0.25, -0.2) is 0 Å². The molecule has 1 nitrogen and oxygen atoms in total. The zero-order chi connectivity index (χ0) is 8.27. The molecule has 0 unspecified atom stereocenters. The largest absolute Gasteiger partial charge is 0.261 e. The van der Waals surface area contributed by atoms with E-state index in [4.69, 9.17) is 0 Å². The fraction of sp³-hybridized carbons (Fsp3) is 0.300. The molecule has 0 radical (unpaired) electrons. The van der Waals surface area contributed by atoms with Crippen molar-refractivity contribution in [1.82, 2.24) is 4.98 Å². The van der Waals surface area contributed by atoms with Crippen molar-refractivity contribution in [3.8, 4) is 0 Å². The molecule has 0 saturated heterocycles. The minimum absolute atomic E-state index is 1.03. The molecule has 0 aromatic carbocycles. The Bertz CT molecular complexity index is 264. The average molecular weight is 147 g/mol. The lowest BCUT2D eigenvalue weighted by Gasteiger charge is -2.04. The van der Waals surface area contributed by atoms with Crippen molar-refractivity contribution < 1.29 is 0 Å². The highest BCUT2D eigenvalue weighted by Gasteiger charge is 1.99. The van der Waals surface area contributed by atoms with Gasteiger partial charge in [0.15, 0.2) is 0 Å². The van der Waals surface area contributed by atoms with Gasteiger partial charge in [0.05, 0.1) is 0 Å². The maximum Gasteiger partial charge on any atom is 0.0410 e. The van der Waals surface area contributed by atoms with Crippen LogP contribution >= 0.6 is 0 Å². The van der Waals surface area contributed by atoms with Crippen LogP contribution < -0.4 is 0 Å². The van der Waals surface area contributed by atoms with Gasteiger partial charge in [0, 0.05) is 11.9 Å². The maximum atomic E-state index is 4.21. The fourth-order valence-corrected chi connectivity index (χ4v) is 1.27. The first-order chi connectivity index (χ1) is 5.29. The van der Waals surface area contributed by atoms with E-state index in [0.717, 1.165) is 12.1 Å². The molecule has 0 aliphatic carbocycles. The summed E-state index contributed by atoms with van der Waals surface area (Å²) in [4.78, 5) is 4.21. The predicted octanol–water partition coefficient (Wildman–Crippen LogP) is 2.60. The second kappa shape index (κ2) is 3.33. The smallest absolute Gasteiger partial charge is 0.0410 e. The van der Waals surface area contributed by atoms with Crippen LogP contribution in [0.5, 0.6) is 0 Å². The van der Waals surface area contributed by atoms with Gasteiger partial charge in [-0.1, -0.05) is 19.6 Å². The predicted molar refractivity (Wildman–Crippen MR) is 48.4 cm³/mol. The van der Waals surface area contributed by atoms with Gasteiger partial charge >= 0.3 is 0 Å². The summed E-state index contributed by atoms with van der Waals surface area (Å²) in [5.74, 6) is 0. The molecule has 0 bridgehead atoms. The summed E-state index contributed by atoms with van der Waals surface area (Å²) in [5, 5.41) is 0. The Labute approximate surface area is 67.8 Å². The summed E-state index contributed by atoms with van der Waals surface area (Å²) in [5.41, 5.74) is 3.63. The Morgan fingerprint density at radius 3 is 2.82 bits per heavy atom. The number of nitrogens with zero attached hydrogens (tertiary/aromatic N) is 1. The fourth-order valence-electron chi connectivity index (χ4n) is 1.27. The molecule has 58 valence electrons. The van der Waals surface area contributed by atoms with Crippen LogP contribution in [0.4, 0.5) is 0 Å². The molecule has 1 rings (SSSR count). The van der Waals surface area contributed by atoms with Gasteiger partial charge in [-0.15, -0.1) is 0 Å². The lowest BCUT2D eigenvalue weighted by molar-refractivity contribution is 1.04. The van der Waals surface area contributed by atoms with Crippen LogP contribution in [0.15, 0.2) is 18.8 Å². The minimum Gasteiger partial charge on any atom is -0.261 e.